The highest BCUT2D eigenvalue weighted by Crippen LogP contribution is 2.22. The van der Waals surface area contributed by atoms with Crippen molar-refractivity contribution in [3.8, 4) is 6.07 Å². The summed E-state index contributed by atoms with van der Waals surface area (Å²) < 4.78 is 0.821. The van der Waals surface area contributed by atoms with Gasteiger partial charge in [0.05, 0.1) is 16.7 Å². The number of nitriles is 1. The van der Waals surface area contributed by atoms with Gasteiger partial charge in [-0.25, -0.2) is 0 Å². The van der Waals surface area contributed by atoms with E-state index in [0.29, 0.717) is 17.1 Å². The van der Waals surface area contributed by atoms with Crippen LogP contribution in [0.2, 0.25) is 5.02 Å². The van der Waals surface area contributed by atoms with Crippen LogP contribution in [-0.4, -0.2) is 23.9 Å². The van der Waals surface area contributed by atoms with Crippen molar-refractivity contribution in [1.82, 2.24) is 4.90 Å². The van der Waals surface area contributed by atoms with Gasteiger partial charge in [0.25, 0.3) is 5.91 Å². The van der Waals surface area contributed by atoms with E-state index in [9.17, 15) is 4.79 Å². The van der Waals surface area contributed by atoms with Crippen LogP contribution >= 0.6 is 27.5 Å². The molecule has 5 heteroatoms. The predicted octanol–water partition coefficient (Wildman–Crippen LogP) is 3.48. The van der Waals surface area contributed by atoms with Crippen molar-refractivity contribution in [2.24, 2.45) is 0 Å². The summed E-state index contributed by atoms with van der Waals surface area (Å²) in [6, 6.07) is 7.08. The third kappa shape index (κ3) is 3.72. The number of amides is 1. The minimum atomic E-state index is -0.203. The van der Waals surface area contributed by atoms with Gasteiger partial charge in [0.2, 0.25) is 0 Å². The predicted molar refractivity (Wildman–Crippen MR) is 71.0 cm³/mol. The van der Waals surface area contributed by atoms with E-state index in [1.54, 1.807) is 18.2 Å². The first-order chi connectivity index (χ1) is 8.10. The van der Waals surface area contributed by atoms with Crippen molar-refractivity contribution in [1.29, 1.82) is 5.26 Å². The van der Waals surface area contributed by atoms with Crippen LogP contribution in [0.15, 0.2) is 22.7 Å². The van der Waals surface area contributed by atoms with Gasteiger partial charge in [-0.15, -0.1) is 0 Å². The molecule has 1 aromatic rings. The van der Waals surface area contributed by atoms with E-state index in [1.165, 1.54) is 4.90 Å². The van der Waals surface area contributed by atoms with Crippen LogP contribution in [0.1, 0.15) is 23.7 Å². The number of rotatable bonds is 4. The van der Waals surface area contributed by atoms with Crippen molar-refractivity contribution < 1.29 is 4.79 Å². The monoisotopic (exact) mass is 314 g/mol. The Kier molecular flexibility index (Phi) is 5.46. The molecule has 90 valence electrons. The zero-order chi connectivity index (χ0) is 12.8. The van der Waals surface area contributed by atoms with Crippen molar-refractivity contribution in [3.63, 3.8) is 0 Å². The molecule has 0 heterocycles. The van der Waals surface area contributed by atoms with E-state index < -0.39 is 0 Å². The van der Waals surface area contributed by atoms with Gasteiger partial charge < -0.3 is 4.90 Å². The van der Waals surface area contributed by atoms with Crippen LogP contribution in [0, 0.1) is 11.3 Å². The number of halogens is 2. The van der Waals surface area contributed by atoms with Gasteiger partial charge in [-0.1, -0.05) is 34.5 Å². The number of carbonyl (C=O) groups is 1. The quantitative estimate of drug-likeness (QED) is 0.798. The fourth-order valence-electron chi connectivity index (χ4n) is 1.44. The normalized spacial score (nSPS) is 9.76. The molecule has 0 aliphatic carbocycles. The topological polar surface area (TPSA) is 44.1 Å². The molecule has 0 N–H and O–H groups in total. The Balaban J connectivity index is 2.97. The fraction of sp³-hybridized carbons (Fsp3) is 0.333. The summed E-state index contributed by atoms with van der Waals surface area (Å²) in [5.74, 6) is -0.203. The maximum absolute atomic E-state index is 12.1. The summed E-state index contributed by atoms with van der Waals surface area (Å²) in [4.78, 5) is 13.6. The van der Waals surface area contributed by atoms with Crippen LogP contribution in [0.3, 0.4) is 0 Å². The molecule has 0 fully saturated rings. The number of benzene rings is 1. The van der Waals surface area contributed by atoms with Crippen LogP contribution in [0.4, 0.5) is 0 Å². The minimum Gasteiger partial charge on any atom is -0.325 e. The number of nitrogens with zero attached hydrogens (tertiary/aromatic N) is 2. The van der Waals surface area contributed by atoms with Gasteiger partial charge in [0, 0.05) is 11.0 Å². The Labute approximate surface area is 114 Å². The Bertz CT molecular complexity index is 456. The van der Waals surface area contributed by atoms with Gasteiger partial charge in [0.15, 0.2) is 0 Å². The third-order valence-electron chi connectivity index (χ3n) is 2.20. The van der Waals surface area contributed by atoms with Gasteiger partial charge >= 0.3 is 0 Å². The average molecular weight is 316 g/mol. The van der Waals surface area contributed by atoms with E-state index in [2.05, 4.69) is 15.9 Å². The zero-order valence-corrected chi connectivity index (χ0v) is 11.8. The summed E-state index contributed by atoms with van der Waals surface area (Å²) in [7, 11) is 0. The molecule has 17 heavy (non-hydrogen) atoms. The lowest BCUT2D eigenvalue weighted by Crippen LogP contribution is -2.32. The standard InChI is InChI=1S/C12H12BrClN2O/c1-2-6-16(7-5-15)12(17)10-4-3-9(13)8-11(10)14/h3-4,8H,2,6-7H2,1H3. The number of hydrogen-bond acceptors (Lipinski definition) is 2. The Morgan fingerprint density at radius 2 is 2.29 bits per heavy atom. The van der Waals surface area contributed by atoms with Crippen LogP contribution in [-0.2, 0) is 0 Å². The zero-order valence-electron chi connectivity index (χ0n) is 9.41. The van der Waals surface area contributed by atoms with E-state index in [4.69, 9.17) is 16.9 Å². The summed E-state index contributed by atoms with van der Waals surface area (Å²) in [5, 5.41) is 9.08. The molecular formula is C12H12BrClN2O. The summed E-state index contributed by atoms with van der Waals surface area (Å²) >= 11 is 9.29. The van der Waals surface area contributed by atoms with Gasteiger partial charge in [-0.3, -0.25) is 4.79 Å². The average Bonchev–Trinajstić information content (AvgIpc) is 2.28. The van der Waals surface area contributed by atoms with E-state index in [0.717, 1.165) is 10.9 Å². The van der Waals surface area contributed by atoms with Gasteiger partial charge in [0.1, 0.15) is 6.54 Å². The molecule has 1 aromatic carbocycles. The van der Waals surface area contributed by atoms with Gasteiger partial charge in [-0.05, 0) is 24.6 Å². The molecule has 0 bridgehead atoms. The molecule has 0 saturated heterocycles. The minimum absolute atomic E-state index is 0.0824. The third-order valence-corrected chi connectivity index (χ3v) is 3.01. The van der Waals surface area contributed by atoms with Gasteiger partial charge in [-0.2, -0.15) is 5.26 Å². The Hall–Kier alpha value is -1.05. The number of carbonyl (C=O) groups excluding carboxylic acids is 1. The largest absolute Gasteiger partial charge is 0.325 e. The molecular weight excluding hydrogens is 304 g/mol. The molecule has 0 radical (unpaired) electrons. The molecule has 0 saturated carbocycles. The lowest BCUT2D eigenvalue weighted by molar-refractivity contribution is 0.0776. The molecule has 0 aromatic heterocycles. The smallest absolute Gasteiger partial charge is 0.256 e. The number of hydrogen-bond donors (Lipinski definition) is 0. The first kappa shape index (κ1) is 14.0. The van der Waals surface area contributed by atoms with E-state index >= 15 is 0 Å². The summed E-state index contributed by atoms with van der Waals surface area (Å²) in [6.07, 6.45) is 0.807. The van der Waals surface area contributed by atoms with Crippen LogP contribution < -0.4 is 0 Å². The van der Waals surface area contributed by atoms with Crippen molar-refractivity contribution in [3.05, 3.63) is 33.3 Å². The van der Waals surface area contributed by atoms with Crippen molar-refractivity contribution in [2.75, 3.05) is 13.1 Å². The molecule has 0 aliphatic heterocycles. The van der Waals surface area contributed by atoms with Crippen molar-refractivity contribution in [2.45, 2.75) is 13.3 Å². The summed E-state index contributed by atoms with van der Waals surface area (Å²) in [5.41, 5.74) is 0.429. The molecule has 3 nitrogen and oxygen atoms in total. The summed E-state index contributed by atoms with van der Waals surface area (Å²) in [6.45, 7) is 2.60. The SMILES string of the molecule is CCCN(CC#N)C(=O)c1ccc(Br)cc1Cl. The lowest BCUT2D eigenvalue weighted by Gasteiger charge is -2.19. The highest BCUT2D eigenvalue weighted by molar-refractivity contribution is 9.10. The molecule has 0 spiro atoms. The maximum atomic E-state index is 12.1. The van der Waals surface area contributed by atoms with Crippen molar-refractivity contribution >= 4 is 33.4 Å². The fourth-order valence-corrected chi connectivity index (χ4v) is 2.20. The Morgan fingerprint density at radius 1 is 1.59 bits per heavy atom. The molecule has 1 amide bonds. The van der Waals surface area contributed by atoms with Crippen LogP contribution in [0.25, 0.3) is 0 Å². The first-order valence-electron chi connectivity index (χ1n) is 5.21. The first-order valence-corrected chi connectivity index (χ1v) is 6.38. The maximum Gasteiger partial charge on any atom is 0.256 e. The highest BCUT2D eigenvalue weighted by atomic mass is 79.9. The van der Waals surface area contributed by atoms with E-state index in [1.807, 2.05) is 13.0 Å². The molecule has 1 rings (SSSR count). The Morgan fingerprint density at radius 3 is 2.82 bits per heavy atom. The van der Waals surface area contributed by atoms with Crippen LogP contribution in [0.5, 0.6) is 0 Å². The second kappa shape index (κ2) is 6.63. The molecule has 0 atom stereocenters. The molecule has 0 aliphatic rings. The molecule has 0 unspecified atom stereocenters. The lowest BCUT2D eigenvalue weighted by atomic mass is 10.2. The second-order valence-corrected chi connectivity index (χ2v) is 4.83. The second-order valence-electron chi connectivity index (χ2n) is 3.51. The highest BCUT2D eigenvalue weighted by Gasteiger charge is 2.17. The van der Waals surface area contributed by atoms with E-state index in [-0.39, 0.29) is 12.5 Å².